The number of carbonyl (C=O) groups excluding carboxylic acids is 1. The molecule has 0 unspecified atom stereocenters. The molecule has 1 aromatic rings. The zero-order valence-corrected chi connectivity index (χ0v) is 12.4. The third-order valence-corrected chi connectivity index (χ3v) is 3.44. The Labute approximate surface area is 120 Å². The highest BCUT2D eigenvalue weighted by Gasteiger charge is 2.28. The standard InChI is InChI=1S/C15H20NO.BrH/c1-16(11-5-6-12-16)13-15(17)10-9-14-7-3-2-4-8-14;/h2-4,7-10H,5-6,11-13H2,1H3;1H/q+1;/p-1/b10-9+;. The van der Waals surface area contributed by atoms with Gasteiger partial charge >= 0.3 is 0 Å². The number of hydrogen-bond acceptors (Lipinski definition) is 1. The molecule has 1 heterocycles. The number of ketones is 1. The maximum atomic E-state index is 11.9. The maximum Gasteiger partial charge on any atom is 0.209 e. The van der Waals surface area contributed by atoms with Gasteiger partial charge in [0.05, 0.1) is 20.1 Å². The minimum atomic E-state index is 0. The normalized spacial score (nSPS) is 17.6. The number of nitrogens with zero attached hydrogens (tertiary/aromatic N) is 1. The van der Waals surface area contributed by atoms with Crippen molar-refractivity contribution < 1.29 is 26.3 Å². The third kappa shape index (κ3) is 4.39. The Morgan fingerprint density at radius 1 is 1.22 bits per heavy atom. The highest BCUT2D eigenvalue weighted by molar-refractivity contribution is 5.94. The monoisotopic (exact) mass is 309 g/mol. The summed E-state index contributed by atoms with van der Waals surface area (Å²) in [6.07, 6.45) is 6.14. The quantitative estimate of drug-likeness (QED) is 0.542. The van der Waals surface area contributed by atoms with Gasteiger partial charge in [0.1, 0.15) is 6.54 Å². The van der Waals surface area contributed by atoms with Crippen molar-refractivity contribution in [3.05, 3.63) is 42.0 Å². The summed E-state index contributed by atoms with van der Waals surface area (Å²) in [6, 6.07) is 9.97. The van der Waals surface area contributed by atoms with Crippen LogP contribution >= 0.6 is 0 Å². The molecule has 1 saturated heterocycles. The van der Waals surface area contributed by atoms with E-state index in [0.717, 1.165) is 23.1 Å². The number of likely N-dealkylation sites (N-methyl/N-ethyl adjacent to an activating group) is 1. The fraction of sp³-hybridized carbons (Fsp3) is 0.400. The molecule has 0 bridgehead atoms. The molecule has 0 N–H and O–H groups in total. The third-order valence-electron chi connectivity index (χ3n) is 3.44. The summed E-state index contributed by atoms with van der Waals surface area (Å²) in [6.45, 7) is 2.93. The van der Waals surface area contributed by atoms with Crippen molar-refractivity contribution in [2.24, 2.45) is 0 Å². The molecule has 0 atom stereocenters. The largest absolute Gasteiger partial charge is 1.00 e. The number of benzene rings is 1. The molecule has 0 saturated carbocycles. The van der Waals surface area contributed by atoms with Crippen LogP contribution < -0.4 is 17.0 Å². The topological polar surface area (TPSA) is 17.1 Å². The highest BCUT2D eigenvalue weighted by Crippen LogP contribution is 2.16. The van der Waals surface area contributed by atoms with E-state index in [1.165, 1.54) is 12.8 Å². The van der Waals surface area contributed by atoms with E-state index in [1.807, 2.05) is 36.4 Å². The molecular weight excluding hydrogens is 290 g/mol. The number of halogens is 1. The molecule has 1 aromatic carbocycles. The minimum Gasteiger partial charge on any atom is -1.00 e. The number of hydrogen-bond donors (Lipinski definition) is 0. The number of rotatable bonds is 4. The Kier molecular flexibility index (Phi) is 5.76. The van der Waals surface area contributed by atoms with Crippen LogP contribution in [0, 0.1) is 0 Å². The van der Waals surface area contributed by atoms with E-state index < -0.39 is 0 Å². The molecular formula is C15H20BrNO. The van der Waals surface area contributed by atoms with Gasteiger partial charge in [-0.2, -0.15) is 0 Å². The minimum absolute atomic E-state index is 0. The molecule has 3 heteroatoms. The van der Waals surface area contributed by atoms with Crippen LogP contribution in [0.2, 0.25) is 0 Å². The SMILES string of the molecule is C[N+]1(CC(=O)/C=C/c2ccccc2)CCCC1.[Br-]. The lowest BCUT2D eigenvalue weighted by molar-refractivity contribution is -0.889. The van der Waals surface area contributed by atoms with Gasteiger partial charge in [-0.3, -0.25) is 4.79 Å². The van der Waals surface area contributed by atoms with Gasteiger partial charge in [-0.15, -0.1) is 0 Å². The summed E-state index contributed by atoms with van der Waals surface area (Å²) >= 11 is 0. The number of quaternary nitrogens is 1. The van der Waals surface area contributed by atoms with Gasteiger partial charge in [0.15, 0.2) is 0 Å². The Bertz CT molecular complexity index is 408. The zero-order valence-electron chi connectivity index (χ0n) is 10.8. The van der Waals surface area contributed by atoms with Crippen molar-refractivity contribution in [2.45, 2.75) is 12.8 Å². The van der Waals surface area contributed by atoms with Crippen LogP contribution in [-0.2, 0) is 4.79 Å². The summed E-state index contributed by atoms with van der Waals surface area (Å²) in [5.74, 6) is 0.234. The van der Waals surface area contributed by atoms with Crippen LogP contribution in [0.1, 0.15) is 18.4 Å². The van der Waals surface area contributed by atoms with Gasteiger partial charge in [-0.05, 0) is 11.6 Å². The first-order valence-electron chi connectivity index (χ1n) is 6.27. The molecule has 1 fully saturated rings. The summed E-state index contributed by atoms with van der Waals surface area (Å²) in [5.41, 5.74) is 1.09. The predicted octanol–water partition coefficient (Wildman–Crippen LogP) is -0.487. The van der Waals surface area contributed by atoms with Crippen molar-refractivity contribution in [3.63, 3.8) is 0 Å². The lowest BCUT2D eigenvalue weighted by Crippen LogP contribution is -3.00. The predicted molar refractivity (Wildman–Crippen MR) is 70.5 cm³/mol. The fourth-order valence-corrected chi connectivity index (χ4v) is 2.44. The maximum absolute atomic E-state index is 11.9. The van der Waals surface area contributed by atoms with Crippen molar-refractivity contribution >= 4 is 11.9 Å². The molecule has 98 valence electrons. The van der Waals surface area contributed by atoms with E-state index >= 15 is 0 Å². The van der Waals surface area contributed by atoms with Gasteiger partial charge in [-0.1, -0.05) is 36.4 Å². The summed E-state index contributed by atoms with van der Waals surface area (Å²) < 4.78 is 0.915. The van der Waals surface area contributed by atoms with Crippen LogP contribution in [0.25, 0.3) is 6.08 Å². The average molecular weight is 310 g/mol. The van der Waals surface area contributed by atoms with Gasteiger partial charge in [0.2, 0.25) is 5.78 Å². The van der Waals surface area contributed by atoms with Gasteiger partial charge in [-0.25, -0.2) is 0 Å². The first kappa shape index (κ1) is 15.1. The van der Waals surface area contributed by atoms with Gasteiger partial charge < -0.3 is 21.5 Å². The van der Waals surface area contributed by atoms with Crippen molar-refractivity contribution in [2.75, 3.05) is 26.7 Å². The van der Waals surface area contributed by atoms with E-state index in [4.69, 9.17) is 0 Å². The summed E-state index contributed by atoms with van der Waals surface area (Å²) in [4.78, 5) is 11.9. The second kappa shape index (κ2) is 6.86. The first-order valence-corrected chi connectivity index (χ1v) is 6.27. The van der Waals surface area contributed by atoms with Crippen molar-refractivity contribution in [1.29, 1.82) is 0 Å². The summed E-state index contributed by atoms with van der Waals surface area (Å²) in [7, 11) is 2.18. The highest BCUT2D eigenvalue weighted by atomic mass is 79.9. The lowest BCUT2D eigenvalue weighted by Gasteiger charge is -2.27. The average Bonchev–Trinajstić information content (AvgIpc) is 2.74. The Morgan fingerprint density at radius 3 is 2.44 bits per heavy atom. The van der Waals surface area contributed by atoms with E-state index in [1.54, 1.807) is 6.08 Å². The van der Waals surface area contributed by atoms with E-state index in [-0.39, 0.29) is 22.8 Å². The Morgan fingerprint density at radius 2 is 1.83 bits per heavy atom. The molecule has 0 aliphatic carbocycles. The Balaban J connectivity index is 0.00000162. The number of likely N-dealkylation sites (tertiary alicyclic amines) is 1. The van der Waals surface area contributed by atoms with Crippen LogP contribution in [0.3, 0.4) is 0 Å². The smallest absolute Gasteiger partial charge is 0.209 e. The van der Waals surface area contributed by atoms with E-state index in [9.17, 15) is 4.79 Å². The Hall–Kier alpha value is -0.930. The van der Waals surface area contributed by atoms with Crippen LogP contribution in [0.4, 0.5) is 0 Å². The zero-order chi connectivity index (χ0) is 12.1. The first-order chi connectivity index (χ1) is 8.18. The van der Waals surface area contributed by atoms with Crippen LogP contribution in [-0.4, -0.2) is 36.9 Å². The molecule has 0 amide bonds. The van der Waals surface area contributed by atoms with Crippen LogP contribution in [0.5, 0.6) is 0 Å². The molecule has 2 nitrogen and oxygen atoms in total. The van der Waals surface area contributed by atoms with Crippen LogP contribution in [0.15, 0.2) is 36.4 Å². The molecule has 0 aromatic heterocycles. The molecule has 0 spiro atoms. The molecule has 0 radical (unpaired) electrons. The molecule has 2 rings (SSSR count). The van der Waals surface area contributed by atoms with Gasteiger partial charge in [0.25, 0.3) is 0 Å². The van der Waals surface area contributed by atoms with Crippen molar-refractivity contribution in [3.8, 4) is 0 Å². The second-order valence-electron chi connectivity index (χ2n) is 5.14. The van der Waals surface area contributed by atoms with Crippen molar-refractivity contribution in [1.82, 2.24) is 0 Å². The molecule has 1 aliphatic rings. The molecule has 1 aliphatic heterocycles. The van der Waals surface area contributed by atoms with Gasteiger partial charge in [0, 0.05) is 12.8 Å². The van der Waals surface area contributed by atoms with E-state index in [0.29, 0.717) is 6.54 Å². The molecule has 18 heavy (non-hydrogen) atoms. The second-order valence-corrected chi connectivity index (χ2v) is 5.14. The fourth-order valence-electron chi connectivity index (χ4n) is 2.44. The van der Waals surface area contributed by atoms with E-state index in [2.05, 4.69) is 7.05 Å². The lowest BCUT2D eigenvalue weighted by atomic mass is 10.2. The summed E-state index contributed by atoms with van der Waals surface area (Å²) in [5, 5.41) is 0. The number of carbonyl (C=O) groups is 1.